The lowest BCUT2D eigenvalue weighted by Crippen LogP contribution is -2.10. The molecule has 0 unspecified atom stereocenters. The molecule has 0 aliphatic heterocycles. The van der Waals surface area contributed by atoms with E-state index in [4.69, 9.17) is 17.4 Å². The fourth-order valence-electron chi connectivity index (χ4n) is 1.69. The number of halogens is 2. The van der Waals surface area contributed by atoms with E-state index in [1.54, 1.807) is 6.07 Å². The van der Waals surface area contributed by atoms with Crippen LogP contribution in [0.25, 0.3) is 0 Å². The van der Waals surface area contributed by atoms with Crippen LogP contribution in [0.4, 0.5) is 27.1 Å². The molecule has 0 radical (unpaired) electrons. The fourth-order valence-corrected chi connectivity index (χ4v) is 1.80. The van der Waals surface area contributed by atoms with Crippen molar-refractivity contribution in [3.05, 3.63) is 57.4 Å². The highest BCUT2D eigenvalue weighted by Crippen LogP contribution is 2.34. The third kappa shape index (κ3) is 2.79. The molecule has 0 heterocycles. The maximum absolute atomic E-state index is 13.3. The third-order valence-electron chi connectivity index (χ3n) is 2.57. The summed E-state index contributed by atoms with van der Waals surface area (Å²) in [6.07, 6.45) is 0. The molecule has 0 fully saturated rings. The zero-order valence-corrected chi connectivity index (χ0v) is 10.8. The summed E-state index contributed by atoms with van der Waals surface area (Å²) in [5.74, 6) is 4.62. The molecule has 0 aliphatic rings. The van der Waals surface area contributed by atoms with Gasteiger partial charge in [0.15, 0.2) is 0 Å². The van der Waals surface area contributed by atoms with Crippen molar-refractivity contribution in [2.45, 2.75) is 0 Å². The summed E-state index contributed by atoms with van der Waals surface area (Å²) in [7, 11) is 0. The van der Waals surface area contributed by atoms with Crippen molar-refractivity contribution in [2.24, 2.45) is 5.84 Å². The quantitative estimate of drug-likeness (QED) is 0.456. The van der Waals surface area contributed by atoms with Crippen LogP contribution in [0, 0.1) is 15.9 Å². The van der Waals surface area contributed by atoms with E-state index < -0.39 is 10.7 Å². The predicted molar refractivity (Wildman–Crippen MR) is 75.6 cm³/mol. The second-order valence-electron chi connectivity index (χ2n) is 3.86. The molecule has 2 rings (SSSR count). The number of nitrogens with two attached hydrogens (primary N) is 1. The van der Waals surface area contributed by atoms with E-state index in [0.29, 0.717) is 5.69 Å². The minimum atomic E-state index is -0.618. The molecule has 104 valence electrons. The van der Waals surface area contributed by atoms with Gasteiger partial charge < -0.3 is 10.7 Å². The average Bonchev–Trinajstić information content (AvgIpc) is 2.42. The first-order valence-corrected chi connectivity index (χ1v) is 5.87. The number of hydrazine groups is 1. The van der Waals surface area contributed by atoms with Crippen LogP contribution in [0.2, 0.25) is 5.02 Å². The van der Waals surface area contributed by atoms with E-state index >= 15 is 0 Å². The van der Waals surface area contributed by atoms with E-state index in [1.165, 1.54) is 24.3 Å². The van der Waals surface area contributed by atoms with Gasteiger partial charge in [0.1, 0.15) is 17.2 Å². The Morgan fingerprint density at radius 2 is 1.95 bits per heavy atom. The molecule has 6 nitrogen and oxygen atoms in total. The van der Waals surface area contributed by atoms with E-state index in [1.807, 2.05) is 0 Å². The number of hydrogen-bond donors (Lipinski definition) is 3. The maximum Gasteiger partial charge on any atom is 0.316 e. The van der Waals surface area contributed by atoms with Gasteiger partial charge in [0.25, 0.3) is 0 Å². The summed E-state index contributed by atoms with van der Waals surface area (Å²) in [5.41, 5.74) is 2.69. The number of hydrogen-bond acceptors (Lipinski definition) is 5. The number of nitrogens with zero attached hydrogens (tertiary/aromatic N) is 1. The highest BCUT2D eigenvalue weighted by molar-refractivity contribution is 6.30. The molecule has 0 amide bonds. The first kappa shape index (κ1) is 14.0. The molecule has 2 aromatic rings. The molecule has 8 heteroatoms. The Balaban J connectivity index is 2.42. The summed E-state index contributed by atoms with van der Waals surface area (Å²) < 4.78 is 13.3. The summed E-state index contributed by atoms with van der Waals surface area (Å²) in [6.45, 7) is 0. The van der Waals surface area contributed by atoms with Gasteiger partial charge in [-0.3, -0.25) is 16.0 Å². The van der Waals surface area contributed by atoms with Crippen molar-refractivity contribution in [2.75, 3.05) is 10.7 Å². The number of rotatable bonds is 4. The number of benzene rings is 2. The summed E-state index contributed by atoms with van der Waals surface area (Å²) in [4.78, 5) is 10.5. The number of nitro benzene ring substituents is 1. The number of nitrogens with one attached hydrogen (secondary N) is 2. The minimum Gasteiger partial charge on any atom is -0.350 e. The van der Waals surface area contributed by atoms with Crippen molar-refractivity contribution < 1.29 is 9.31 Å². The van der Waals surface area contributed by atoms with Crippen LogP contribution in [0.3, 0.4) is 0 Å². The Morgan fingerprint density at radius 3 is 2.55 bits per heavy atom. The summed E-state index contributed by atoms with van der Waals surface area (Å²) in [5, 5.41) is 13.8. The van der Waals surface area contributed by atoms with Gasteiger partial charge in [0.05, 0.1) is 9.95 Å². The van der Waals surface area contributed by atoms with Crippen LogP contribution >= 0.6 is 11.6 Å². The Kier molecular flexibility index (Phi) is 4.02. The SMILES string of the molecule is NNc1cccc(Nc2ccc(Cl)c(F)c2)c1[N+](=O)[O-]. The van der Waals surface area contributed by atoms with Crippen LogP contribution in [0.5, 0.6) is 0 Å². The Bertz CT molecular complexity index is 666. The second kappa shape index (κ2) is 5.72. The standard InChI is InChI=1S/C12H10ClFN4O2/c13-8-5-4-7(6-9(8)14)16-10-2-1-3-11(17-15)12(10)18(19)20/h1-6,16-17H,15H2. The highest BCUT2D eigenvalue weighted by Gasteiger charge is 2.19. The highest BCUT2D eigenvalue weighted by atomic mass is 35.5. The van der Waals surface area contributed by atoms with Gasteiger partial charge in [-0.2, -0.15) is 0 Å². The lowest BCUT2D eigenvalue weighted by atomic mass is 10.2. The van der Waals surface area contributed by atoms with Crippen LogP contribution < -0.4 is 16.6 Å². The lowest BCUT2D eigenvalue weighted by molar-refractivity contribution is -0.383. The van der Waals surface area contributed by atoms with Crippen molar-refractivity contribution in [1.82, 2.24) is 0 Å². The predicted octanol–water partition coefficient (Wildman–Crippen LogP) is 3.42. The first-order chi connectivity index (χ1) is 9.52. The van der Waals surface area contributed by atoms with E-state index in [9.17, 15) is 14.5 Å². The Hall–Kier alpha value is -2.38. The Labute approximate surface area is 118 Å². The van der Waals surface area contributed by atoms with Crippen LogP contribution in [-0.4, -0.2) is 4.92 Å². The average molecular weight is 297 g/mol. The van der Waals surface area contributed by atoms with Gasteiger partial charge in [-0.25, -0.2) is 4.39 Å². The molecular weight excluding hydrogens is 287 g/mol. The van der Waals surface area contributed by atoms with Crippen molar-refractivity contribution >= 4 is 34.4 Å². The summed E-state index contributed by atoms with van der Waals surface area (Å²) >= 11 is 5.58. The van der Waals surface area contributed by atoms with Gasteiger partial charge in [-0.1, -0.05) is 17.7 Å². The molecule has 0 spiro atoms. The smallest absolute Gasteiger partial charge is 0.316 e. The molecule has 0 saturated heterocycles. The first-order valence-electron chi connectivity index (χ1n) is 5.49. The van der Waals surface area contributed by atoms with Gasteiger partial charge >= 0.3 is 5.69 Å². The fraction of sp³-hybridized carbons (Fsp3) is 0. The van der Waals surface area contributed by atoms with Crippen molar-refractivity contribution in [3.8, 4) is 0 Å². The largest absolute Gasteiger partial charge is 0.350 e. The molecule has 0 bridgehead atoms. The third-order valence-corrected chi connectivity index (χ3v) is 2.88. The van der Waals surface area contributed by atoms with Crippen LogP contribution in [0.15, 0.2) is 36.4 Å². The van der Waals surface area contributed by atoms with E-state index in [0.717, 1.165) is 6.07 Å². The van der Waals surface area contributed by atoms with Crippen LogP contribution in [0.1, 0.15) is 0 Å². The van der Waals surface area contributed by atoms with Crippen molar-refractivity contribution in [1.29, 1.82) is 0 Å². The van der Waals surface area contributed by atoms with Crippen molar-refractivity contribution in [3.63, 3.8) is 0 Å². The second-order valence-corrected chi connectivity index (χ2v) is 4.26. The van der Waals surface area contributed by atoms with E-state index in [2.05, 4.69) is 10.7 Å². The number of anilines is 3. The minimum absolute atomic E-state index is 0.0255. The Morgan fingerprint density at radius 1 is 1.25 bits per heavy atom. The van der Waals surface area contributed by atoms with Gasteiger partial charge in [-0.05, 0) is 30.3 Å². The molecule has 0 aliphatic carbocycles. The zero-order valence-electron chi connectivity index (χ0n) is 10.1. The normalized spacial score (nSPS) is 10.2. The lowest BCUT2D eigenvalue weighted by Gasteiger charge is -2.10. The van der Waals surface area contributed by atoms with E-state index in [-0.39, 0.29) is 22.1 Å². The number of para-hydroxylation sites is 1. The zero-order chi connectivity index (χ0) is 14.7. The topological polar surface area (TPSA) is 93.2 Å². The summed E-state index contributed by atoms with van der Waals surface area (Å²) in [6, 6.07) is 8.55. The molecule has 20 heavy (non-hydrogen) atoms. The number of nitrogen functional groups attached to an aromatic ring is 1. The molecule has 0 aromatic heterocycles. The molecule has 4 N–H and O–H groups in total. The van der Waals surface area contributed by atoms with Crippen LogP contribution in [-0.2, 0) is 0 Å². The maximum atomic E-state index is 13.3. The monoisotopic (exact) mass is 296 g/mol. The molecule has 0 saturated carbocycles. The van der Waals surface area contributed by atoms with Gasteiger partial charge in [0, 0.05) is 5.69 Å². The van der Waals surface area contributed by atoms with Gasteiger partial charge in [-0.15, -0.1) is 0 Å². The molecule has 0 atom stereocenters. The van der Waals surface area contributed by atoms with Gasteiger partial charge in [0.2, 0.25) is 0 Å². The molecule has 2 aromatic carbocycles. The number of nitro groups is 1. The molecular formula is C12H10ClFN4O2.